The molecule has 21 heteroatoms. The highest BCUT2D eigenvalue weighted by Crippen LogP contribution is 2.39. The topological polar surface area (TPSA) is 272 Å². The fourth-order valence-electron chi connectivity index (χ4n) is 13.0. The SMILES string of the molecule is CO[C@H]1C[C@@H]2CC[C@@H](C)[C@@](O)(O2)C(=O)C(=O)N2CCCC[C@H]2C(=O)O[C@H]([C@H](C)C[C@@H]2CC[C@@H](OC(=O)CNC(=O)CCCC[C@@H]3SC[C@@H]4NC(=O)N[C@@H]43)[C@H](OC)C2)CC(=O)[C@H](C)/C=C(\C)[C@@H](O)[C@@H](OC)C(=O)[C@H](C)C[C@H](C)/C=C/C=C/C=C/1C. The number of ketones is 3. The van der Waals surface area contributed by atoms with E-state index in [9.17, 15) is 48.6 Å². The molecule has 5 N–H and O–H groups in total. The predicted octanol–water partition coefficient (Wildman–Crippen LogP) is 6.57. The van der Waals surface area contributed by atoms with E-state index in [1.165, 1.54) is 19.1 Å². The second-order valence-corrected chi connectivity index (χ2v) is 26.0. The van der Waals surface area contributed by atoms with Crippen LogP contribution in [0.4, 0.5) is 4.79 Å². The number of carbonyl (C=O) groups is 8. The van der Waals surface area contributed by atoms with Crippen molar-refractivity contribution in [1.29, 1.82) is 0 Å². The molecular formula is C63H96N4O16S. The Kier molecular flexibility index (Phi) is 26.3. The summed E-state index contributed by atoms with van der Waals surface area (Å²) >= 11 is 1.82. The van der Waals surface area contributed by atoms with Crippen molar-refractivity contribution in [2.75, 3.05) is 40.2 Å². The minimum Gasteiger partial charge on any atom is -0.460 e. The third-order valence-electron chi connectivity index (χ3n) is 18.2. The Morgan fingerprint density at radius 1 is 0.881 bits per heavy atom. The van der Waals surface area contributed by atoms with Crippen LogP contribution in [0.5, 0.6) is 0 Å². The largest absolute Gasteiger partial charge is 0.460 e. The van der Waals surface area contributed by atoms with Crippen LogP contribution in [0.2, 0.25) is 0 Å². The van der Waals surface area contributed by atoms with Crippen molar-refractivity contribution < 1.29 is 77.0 Å². The average Bonchev–Trinajstić information content (AvgIpc) is 3.94. The molecule has 4 amide bonds. The number of thioether (sulfide) groups is 1. The van der Waals surface area contributed by atoms with Gasteiger partial charge < -0.3 is 59.5 Å². The number of fused-ring (bicyclic) bond motifs is 4. The number of hydrogen-bond acceptors (Lipinski definition) is 17. The first-order valence-electron chi connectivity index (χ1n) is 30.6. The molecule has 0 radical (unpaired) electrons. The van der Waals surface area contributed by atoms with Gasteiger partial charge in [-0.1, -0.05) is 77.5 Å². The van der Waals surface area contributed by atoms with Gasteiger partial charge in [-0.3, -0.25) is 28.8 Å². The number of aliphatic hydroxyl groups excluding tert-OH is 1. The van der Waals surface area contributed by atoms with Gasteiger partial charge in [0.05, 0.1) is 30.4 Å². The number of methoxy groups -OCH3 is 3. The van der Waals surface area contributed by atoms with Gasteiger partial charge in [0.25, 0.3) is 11.7 Å². The molecular weight excluding hydrogens is 1100 g/mol. The van der Waals surface area contributed by atoms with E-state index in [0.717, 1.165) is 24.2 Å². The Labute approximate surface area is 501 Å². The molecule has 5 heterocycles. The van der Waals surface area contributed by atoms with E-state index in [1.807, 2.05) is 62.9 Å². The van der Waals surface area contributed by atoms with Crippen molar-refractivity contribution in [3.05, 3.63) is 47.6 Å². The fourth-order valence-corrected chi connectivity index (χ4v) is 14.5. The number of unbranched alkanes of at least 4 members (excludes halogenated alkanes) is 1. The highest BCUT2D eigenvalue weighted by molar-refractivity contribution is 8.00. The molecule has 470 valence electrons. The molecule has 0 aromatic carbocycles. The van der Waals surface area contributed by atoms with Crippen LogP contribution in [0, 0.1) is 35.5 Å². The number of hydrogen-bond donors (Lipinski definition) is 5. The zero-order chi connectivity index (χ0) is 61.4. The molecule has 0 unspecified atom stereocenters. The van der Waals surface area contributed by atoms with E-state index in [4.69, 9.17) is 28.4 Å². The van der Waals surface area contributed by atoms with Crippen molar-refractivity contribution >= 4 is 58.9 Å². The second kappa shape index (κ2) is 32.3. The maximum absolute atomic E-state index is 14.7. The van der Waals surface area contributed by atoms with E-state index >= 15 is 0 Å². The van der Waals surface area contributed by atoms with Gasteiger partial charge in [0, 0.05) is 75.9 Å². The summed E-state index contributed by atoms with van der Waals surface area (Å²) in [6.07, 6.45) is 12.5. The molecule has 4 saturated heterocycles. The monoisotopic (exact) mass is 1200 g/mol. The number of nitrogens with zero attached hydrogens (tertiary/aromatic N) is 1. The Balaban J connectivity index is 1.16. The fraction of sp³-hybridized carbons (Fsp3) is 0.746. The van der Waals surface area contributed by atoms with Crippen LogP contribution in [0.15, 0.2) is 47.6 Å². The van der Waals surface area contributed by atoms with Gasteiger partial charge in [0.2, 0.25) is 11.7 Å². The van der Waals surface area contributed by atoms with E-state index < -0.39 is 102 Å². The minimum absolute atomic E-state index is 0.0109. The number of esters is 2. The maximum atomic E-state index is 14.7. The summed E-state index contributed by atoms with van der Waals surface area (Å²) in [5, 5.41) is 32.5. The average molecular weight is 1200 g/mol. The Bertz CT molecular complexity index is 2430. The summed E-state index contributed by atoms with van der Waals surface area (Å²) in [6, 6.07) is -1.10. The van der Waals surface area contributed by atoms with Crippen LogP contribution < -0.4 is 16.0 Å². The smallest absolute Gasteiger partial charge is 0.329 e. The number of rotatable bonds is 14. The Hall–Kier alpha value is -4.77. The number of urea groups is 1. The van der Waals surface area contributed by atoms with Crippen LogP contribution in [-0.2, 0) is 62.0 Å². The van der Waals surface area contributed by atoms with Crippen molar-refractivity contribution in [2.24, 2.45) is 35.5 Å². The lowest BCUT2D eigenvalue weighted by Crippen LogP contribution is -2.61. The number of nitrogens with one attached hydrogen (secondary N) is 3. The zero-order valence-electron chi connectivity index (χ0n) is 51.2. The van der Waals surface area contributed by atoms with Crippen molar-refractivity contribution in [3.63, 3.8) is 0 Å². The zero-order valence-corrected chi connectivity index (χ0v) is 52.0. The normalized spacial score (nSPS) is 37.9. The third kappa shape index (κ3) is 18.4. The standard InChI is InChI=1S/C63H96N4O16S/c1-36-18-12-11-13-19-37(2)49(78-8)32-44-25-23-42(7)63(77,83-44)59(73)60(74)67-27-17-16-20-46(67)61(75)82-50(33-47(68)38(3)29-41(6)57(72)58(80-10)56(71)40(5)28-36)39(4)30-43-24-26-48(51(31-43)79-9)81-54(70)34-64-53(69)22-15-14-21-52-55-45(35-84-52)65-62(76)66-55/h11-13,18-19,29,36,38-40,42-46,48-52,55,57-58,72,77H,14-17,20-28,30-35H2,1-10H3,(H,64,69)(H2,65,66,76)/b13-11+,18-12+,37-19+,41-29+/t36-,38-,39-,40-,42-,43+,44+,45+,46+,48-,49+,50+,51-,52+,55+,57-,58+,63-/m1/s1. The molecule has 1 aliphatic carbocycles. The molecule has 0 aromatic heterocycles. The van der Waals surface area contributed by atoms with Gasteiger partial charge in [-0.05, 0) is 120 Å². The molecule has 0 spiro atoms. The highest BCUT2D eigenvalue weighted by Gasteiger charge is 2.53. The van der Waals surface area contributed by atoms with Gasteiger partial charge >= 0.3 is 18.0 Å². The summed E-state index contributed by atoms with van der Waals surface area (Å²) < 4.78 is 35.8. The number of Topliss-reactive ketones (excluding diaryl/α,β-unsaturated/α-hetero) is 3. The third-order valence-corrected chi connectivity index (χ3v) is 19.8. The molecule has 20 nitrogen and oxygen atoms in total. The predicted molar refractivity (Wildman–Crippen MR) is 316 cm³/mol. The number of allylic oxidation sites excluding steroid dienone is 6. The molecule has 2 bridgehead atoms. The first-order valence-corrected chi connectivity index (χ1v) is 31.7. The van der Waals surface area contributed by atoms with E-state index in [0.29, 0.717) is 75.0 Å². The number of cyclic esters (lactones) is 1. The summed E-state index contributed by atoms with van der Waals surface area (Å²) in [5.74, 6) is -8.59. The lowest BCUT2D eigenvalue weighted by molar-refractivity contribution is -0.265. The molecule has 5 fully saturated rings. The number of amides is 4. The summed E-state index contributed by atoms with van der Waals surface area (Å²) in [4.78, 5) is 110. The second-order valence-electron chi connectivity index (χ2n) is 24.7. The molecule has 6 aliphatic rings. The van der Waals surface area contributed by atoms with Crippen LogP contribution in [0.3, 0.4) is 0 Å². The minimum atomic E-state index is -2.47. The van der Waals surface area contributed by atoms with Crippen LogP contribution in [0.25, 0.3) is 0 Å². The van der Waals surface area contributed by atoms with Crippen molar-refractivity contribution in [2.45, 2.75) is 223 Å². The number of ether oxygens (including phenoxy) is 6. The van der Waals surface area contributed by atoms with Crippen LogP contribution >= 0.6 is 11.8 Å². The van der Waals surface area contributed by atoms with Gasteiger partial charge in [0.1, 0.15) is 42.8 Å². The highest BCUT2D eigenvalue weighted by atomic mass is 32.2. The Morgan fingerprint density at radius 3 is 2.37 bits per heavy atom. The molecule has 1 saturated carbocycles. The van der Waals surface area contributed by atoms with Gasteiger partial charge in [-0.25, -0.2) is 9.59 Å². The van der Waals surface area contributed by atoms with E-state index in [-0.39, 0.29) is 86.2 Å². The maximum Gasteiger partial charge on any atom is 0.329 e. The van der Waals surface area contributed by atoms with Crippen LogP contribution in [0.1, 0.15) is 151 Å². The van der Waals surface area contributed by atoms with Crippen molar-refractivity contribution in [1.82, 2.24) is 20.9 Å². The number of aliphatic hydroxyl groups is 2. The van der Waals surface area contributed by atoms with Gasteiger partial charge in [-0.2, -0.15) is 11.8 Å². The first-order chi connectivity index (χ1) is 40.0. The summed E-state index contributed by atoms with van der Waals surface area (Å²) in [7, 11) is 4.47. The Morgan fingerprint density at radius 2 is 1.64 bits per heavy atom. The molecule has 18 atom stereocenters. The lowest BCUT2D eigenvalue weighted by Gasteiger charge is -2.42. The van der Waals surface area contributed by atoms with Gasteiger partial charge in [-0.15, -0.1) is 0 Å². The molecule has 84 heavy (non-hydrogen) atoms. The molecule has 5 aliphatic heterocycles. The quantitative estimate of drug-likeness (QED) is 0.0404. The summed E-state index contributed by atoms with van der Waals surface area (Å²) in [5.41, 5.74) is 1.21. The lowest BCUT2D eigenvalue weighted by atomic mass is 9.78. The van der Waals surface area contributed by atoms with Crippen LogP contribution in [-0.4, -0.2) is 174 Å². The molecule has 0 aromatic rings. The first kappa shape index (κ1) is 68.3. The van der Waals surface area contributed by atoms with Gasteiger partial charge in [0.15, 0.2) is 5.78 Å². The van der Waals surface area contributed by atoms with E-state index in [1.54, 1.807) is 40.9 Å². The van der Waals surface area contributed by atoms with Crippen molar-refractivity contribution in [3.8, 4) is 0 Å². The molecule has 6 rings (SSSR count). The number of carbonyl (C=O) groups excluding carboxylic acids is 8. The number of piperidine rings is 1. The summed E-state index contributed by atoms with van der Waals surface area (Å²) in [6.45, 7) is 12.3. The van der Waals surface area contributed by atoms with E-state index in [2.05, 4.69) is 16.0 Å².